The van der Waals surface area contributed by atoms with Gasteiger partial charge in [0.1, 0.15) is 5.75 Å². The molecule has 6 heteroatoms. The highest BCUT2D eigenvalue weighted by molar-refractivity contribution is 5.89. The molecule has 0 radical (unpaired) electrons. The zero-order valence-corrected chi connectivity index (χ0v) is 16.0. The van der Waals surface area contributed by atoms with Gasteiger partial charge in [0.25, 0.3) is 0 Å². The van der Waals surface area contributed by atoms with Gasteiger partial charge in [0.05, 0.1) is 12.6 Å². The van der Waals surface area contributed by atoms with E-state index in [-0.39, 0.29) is 6.03 Å². The van der Waals surface area contributed by atoms with Crippen LogP contribution in [0.15, 0.2) is 60.8 Å². The van der Waals surface area contributed by atoms with E-state index >= 15 is 0 Å². The minimum atomic E-state index is -0.0582. The van der Waals surface area contributed by atoms with Crippen LogP contribution in [0.25, 0.3) is 10.9 Å². The number of anilines is 1. The molecule has 0 spiro atoms. The molecule has 1 N–H and O–H groups in total. The molecule has 1 fully saturated rings. The van der Waals surface area contributed by atoms with Crippen LogP contribution in [-0.2, 0) is 6.54 Å². The Morgan fingerprint density at radius 1 is 1.07 bits per heavy atom. The highest BCUT2D eigenvalue weighted by atomic mass is 16.5. The van der Waals surface area contributed by atoms with E-state index in [0.29, 0.717) is 13.1 Å². The molecule has 6 nitrogen and oxygen atoms in total. The fourth-order valence-electron chi connectivity index (χ4n) is 3.45. The van der Waals surface area contributed by atoms with Gasteiger partial charge in [-0.15, -0.1) is 0 Å². The third kappa shape index (κ3) is 4.23. The number of aromatic nitrogens is 1. The summed E-state index contributed by atoms with van der Waals surface area (Å²) in [5.41, 5.74) is 3.00. The van der Waals surface area contributed by atoms with E-state index in [1.807, 2.05) is 53.6 Å². The molecule has 0 atom stereocenters. The highest BCUT2D eigenvalue weighted by Gasteiger charge is 2.21. The zero-order chi connectivity index (χ0) is 19.3. The summed E-state index contributed by atoms with van der Waals surface area (Å²) >= 11 is 0. The molecule has 28 heavy (non-hydrogen) atoms. The number of urea groups is 1. The summed E-state index contributed by atoms with van der Waals surface area (Å²) in [6.45, 7) is 3.98. The van der Waals surface area contributed by atoms with Crippen LogP contribution in [0.2, 0.25) is 0 Å². The number of pyridine rings is 1. The minimum absolute atomic E-state index is 0.0582. The molecule has 2 heterocycles. The van der Waals surface area contributed by atoms with Gasteiger partial charge in [-0.3, -0.25) is 9.88 Å². The average molecular weight is 376 g/mol. The molecule has 0 unspecified atom stereocenters. The Labute approximate surface area is 164 Å². The van der Waals surface area contributed by atoms with Gasteiger partial charge in [0, 0.05) is 50.0 Å². The Bertz CT molecular complexity index is 950. The van der Waals surface area contributed by atoms with Gasteiger partial charge in [-0.1, -0.05) is 18.2 Å². The number of para-hydroxylation sites is 1. The number of fused-ring (bicyclic) bond motifs is 1. The quantitative estimate of drug-likeness (QED) is 0.756. The third-order valence-electron chi connectivity index (χ3n) is 5.05. The number of ether oxygens (including phenoxy) is 1. The summed E-state index contributed by atoms with van der Waals surface area (Å²) in [7, 11) is 1.63. The van der Waals surface area contributed by atoms with E-state index in [4.69, 9.17) is 4.74 Å². The van der Waals surface area contributed by atoms with Crippen molar-refractivity contribution in [1.82, 2.24) is 14.8 Å². The van der Waals surface area contributed by atoms with Crippen molar-refractivity contribution in [2.24, 2.45) is 0 Å². The summed E-state index contributed by atoms with van der Waals surface area (Å²) in [4.78, 5) is 21.3. The summed E-state index contributed by atoms with van der Waals surface area (Å²) in [5, 5.41) is 4.11. The van der Waals surface area contributed by atoms with Crippen LogP contribution < -0.4 is 10.1 Å². The van der Waals surface area contributed by atoms with Crippen LogP contribution in [0.4, 0.5) is 10.5 Å². The fourth-order valence-corrected chi connectivity index (χ4v) is 3.45. The van der Waals surface area contributed by atoms with Crippen molar-refractivity contribution < 1.29 is 9.53 Å². The number of carbonyl (C=O) groups excluding carboxylic acids is 1. The number of hydrogen-bond acceptors (Lipinski definition) is 4. The Morgan fingerprint density at radius 3 is 2.57 bits per heavy atom. The van der Waals surface area contributed by atoms with Crippen molar-refractivity contribution in [1.29, 1.82) is 0 Å². The number of amides is 2. The van der Waals surface area contributed by atoms with E-state index in [1.54, 1.807) is 7.11 Å². The molecule has 1 aliphatic heterocycles. The van der Waals surface area contributed by atoms with Crippen molar-refractivity contribution in [3.05, 3.63) is 66.4 Å². The van der Waals surface area contributed by atoms with E-state index < -0.39 is 0 Å². The lowest BCUT2D eigenvalue weighted by atomic mass is 10.1. The Hall–Kier alpha value is -3.12. The first-order valence-electron chi connectivity index (χ1n) is 9.47. The lowest BCUT2D eigenvalue weighted by Crippen LogP contribution is -2.49. The molecule has 1 aliphatic rings. The highest BCUT2D eigenvalue weighted by Crippen LogP contribution is 2.17. The number of rotatable bonds is 4. The van der Waals surface area contributed by atoms with Crippen molar-refractivity contribution in [2.75, 3.05) is 38.6 Å². The number of benzene rings is 2. The molecule has 1 aromatic heterocycles. The van der Waals surface area contributed by atoms with Crippen LogP contribution >= 0.6 is 0 Å². The molecule has 144 valence electrons. The molecule has 0 saturated carbocycles. The molecule has 2 amide bonds. The largest absolute Gasteiger partial charge is 0.497 e. The fraction of sp³-hybridized carbons (Fsp3) is 0.273. The van der Waals surface area contributed by atoms with Gasteiger partial charge in [-0.05, 0) is 42.0 Å². The summed E-state index contributed by atoms with van der Waals surface area (Å²) in [5.74, 6) is 0.773. The van der Waals surface area contributed by atoms with Crippen molar-refractivity contribution in [3.8, 4) is 5.75 Å². The lowest BCUT2D eigenvalue weighted by molar-refractivity contribution is 0.143. The van der Waals surface area contributed by atoms with Crippen molar-refractivity contribution in [3.63, 3.8) is 0 Å². The first-order chi connectivity index (χ1) is 13.7. The van der Waals surface area contributed by atoms with Crippen molar-refractivity contribution in [2.45, 2.75) is 6.54 Å². The number of methoxy groups -OCH3 is 1. The molecule has 2 aromatic carbocycles. The standard InChI is InChI=1S/C22H24N4O2/c1-28-20-8-6-19(7-9-20)24-22(27)26-12-10-25(11-13-26)16-17-14-18-4-2-3-5-21(18)23-15-17/h2-9,14-15H,10-13,16H2,1H3,(H,24,27). The lowest BCUT2D eigenvalue weighted by Gasteiger charge is -2.34. The SMILES string of the molecule is COc1ccc(NC(=O)N2CCN(Cc3cnc4ccccc4c3)CC2)cc1. The number of hydrogen-bond donors (Lipinski definition) is 1. The van der Waals surface area contributed by atoms with E-state index in [9.17, 15) is 4.79 Å². The first kappa shape index (κ1) is 18.3. The Balaban J connectivity index is 1.30. The predicted molar refractivity (Wildman–Crippen MR) is 111 cm³/mol. The number of nitrogens with one attached hydrogen (secondary N) is 1. The van der Waals surface area contributed by atoms with Gasteiger partial charge in [-0.2, -0.15) is 0 Å². The van der Waals surface area contributed by atoms with Crippen LogP contribution in [0, 0.1) is 0 Å². The third-order valence-corrected chi connectivity index (χ3v) is 5.05. The zero-order valence-electron chi connectivity index (χ0n) is 16.0. The van der Waals surface area contributed by atoms with Crippen LogP contribution in [0.5, 0.6) is 5.75 Å². The molecule has 1 saturated heterocycles. The summed E-state index contributed by atoms with van der Waals surface area (Å²) in [6.07, 6.45) is 1.95. The van der Waals surface area contributed by atoms with Gasteiger partial charge in [-0.25, -0.2) is 4.79 Å². The predicted octanol–water partition coefficient (Wildman–Crippen LogP) is 3.59. The molecule has 0 bridgehead atoms. The Morgan fingerprint density at radius 2 is 1.82 bits per heavy atom. The van der Waals surface area contributed by atoms with E-state index in [0.717, 1.165) is 42.0 Å². The molecular weight excluding hydrogens is 352 g/mol. The second-order valence-electron chi connectivity index (χ2n) is 6.96. The second kappa shape index (κ2) is 8.27. The van der Waals surface area contributed by atoms with Crippen LogP contribution in [0.1, 0.15) is 5.56 Å². The van der Waals surface area contributed by atoms with E-state index in [2.05, 4.69) is 27.3 Å². The van der Waals surface area contributed by atoms with Gasteiger partial charge in [0.15, 0.2) is 0 Å². The smallest absolute Gasteiger partial charge is 0.321 e. The van der Waals surface area contributed by atoms with Gasteiger partial charge in [0.2, 0.25) is 0 Å². The number of carbonyl (C=O) groups is 1. The van der Waals surface area contributed by atoms with Crippen LogP contribution in [0.3, 0.4) is 0 Å². The molecule has 0 aliphatic carbocycles. The number of piperazine rings is 1. The maximum Gasteiger partial charge on any atom is 0.321 e. The monoisotopic (exact) mass is 376 g/mol. The van der Waals surface area contributed by atoms with Crippen molar-refractivity contribution >= 4 is 22.6 Å². The topological polar surface area (TPSA) is 57.7 Å². The maximum atomic E-state index is 12.5. The van der Waals surface area contributed by atoms with Gasteiger partial charge >= 0.3 is 6.03 Å². The normalized spacial score (nSPS) is 14.8. The van der Waals surface area contributed by atoms with Crippen LogP contribution in [-0.4, -0.2) is 54.1 Å². The molecule has 4 rings (SSSR count). The number of nitrogens with zero attached hydrogens (tertiary/aromatic N) is 3. The molecule has 3 aromatic rings. The van der Waals surface area contributed by atoms with Gasteiger partial charge < -0.3 is 15.0 Å². The summed E-state index contributed by atoms with van der Waals surface area (Å²) < 4.78 is 5.14. The maximum absolute atomic E-state index is 12.5. The minimum Gasteiger partial charge on any atom is -0.497 e. The summed E-state index contributed by atoms with van der Waals surface area (Å²) in [6, 6.07) is 17.7. The average Bonchev–Trinajstić information content (AvgIpc) is 2.75. The van der Waals surface area contributed by atoms with E-state index in [1.165, 1.54) is 5.56 Å². The first-order valence-corrected chi connectivity index (χ1v) is 9.47. The second-order valence-corrected chi connectivity index (χ2v) is 6.96. The molecular formula is C22H24N4O2. The Kier molecular flexibility index (Phi) is 5.39.